The van der Waals surface area contributed by atoms with Crippen LogP contribution >= 0.6 is 22.9 Å². The molecule has 0 saturated heterocycles. The summed E-state index contributed by atoms with van der Waals surface area (Å²) in [6.07, 6.45) is 3.07. The van der Waals surface area contributed by atoms with Gasteiger partial charge in [-0.1, -0.05) is 11.6 Å². The van der Waals surface area contributed by atoms with Gasteiger partial charge in [0, 0.05) is 12.6 Å². The molecule has 0 saturated carbocycles. The topological polar surface area (TPSA) is 41.5 Å². The van der Waals surface area contributed by atoms with Crippen LogP contribution in [0.25, 0.3) is 0 Å². The molecule has 0 spiro atoms. The number of nitrogens with one attached hydrogen (secondary N) is 1. The van der Waals surface area contributed by atoms with E-state index in [1.165, 1.54) is 11.3 Å². The summed E-state index contributed by atoms with van der Waals surface area (Å²) in [5.41, 5.74) is 1.77. The molecule has 16 heavy (non-hydrogen) atoms. The third-order valence-corrected chi connectivity index (χ3v) is 4.03. The van der Waals surface area contributed by atoms with Crippen LogP contribution in [-0.4, -0.2) is 12.0 Å². The van der Waals surface area contributed by atoms with E-state index < -0.39 is 0 Å². The quantitative estimate of drug-likeness (QED) is 0.835. The van der Waals surface area contributed by atoms with E-state index >= 15 is 0 Å². The van der Waals surface area contributed by atoms with Crippen molar-refractivity contribution in [2.75, 3.05) is 0 Å². The largest absolute Gasteiger partial charge is 0.356 e. The number of Topliss-reactive ketones (excluding diaryl/α,β-unsaturated/α-hetero) is 1. The molecule has 1 aliphatic heterocycles. The Morgan fingerprint density at radius 3 is 3.06 bits per heavy atom. The van der Waals surface area contributed by atoms with Crippen LogP contribution < -0.4 is 5.32 Å². The second-order valence-electron chi connectivity index (χ2n) is 3.79. The van der Waals surface area contributed by atoms with Crippen LogP contribution in [0.5, 0.6) is 0 Å². The zero-order valence-electron chi connectivity index (χ0n) is 8.37. The molecule has 1 aromatic heterocycles. The molecule has 3 nitrogen and oxygen atoms in total. The van der Waals surface area contributed by atoms with Crippen LogP contribution in [0.1, 0.15) is 23.9 Å². The Morgan fingerprint density at radius 2 is 2.31 bits per heavy atom. The van der Waals surface area contributed by atoms with Gasteiger partial charge in [-0.05, 0) is 24.1 Å². The molecule has 1 atom stereocenters. The van der Waals surface area contributed by atoms with Gasteiger partial charge < -0.3 is 5.32 Å². The van der Waals surface area contributed by atoms with Gasteiger partial charge in [-0.3, -0.25) is 9.79 Å². The van der Waals surface area contributed by atoms with Crippen molar-refractivity contribution in [1.82, 2.24) is 5.32 Å². The molecule has 3 rings (SSSR count). The lowest BCUT2D eigenvalue weighted by Gasteiger charge is -2.19. The Labute approximate surface area is 102 Å². The van der Waals surface area contributed by atoms with E-state index in [1.54, 1.807) is 0 Å². The minimum Gasteiger partial charge on any atom is -0.356 e. The van der Waals surface area contributed by atoms with Crippen molar-refractivity contribution in [3.8, 4) is 0 Å². The maximum atomic E-state index is 11.6. The molecule has 1 aliphatic carbocycles. The van der Waals surface area contributed by atoms with Gasteiger partial charge in [-0.2, -0.15) is 0 Å². The van der Waals surface area contributed by atoms with Gasteiger partial charge >= 0.3 is 0 Å². The molecule has 2 aliphatic rings. The number of thiophene rings is 1. The van der Waals surface area contributed by atoms with Crippen molar-refractivity contribution in [3.63, 3.8) is 0 Å². The summed E-state index contributed by atoms with van der Waals surface area (Å²) in [7, 11) is 0. The van der Waals surface area contributed by atoms with Crippen LogP contribution in [0.3, 0.4) is 0 Å². The summed E-state index contributed by atoms with van der Waals surface area (Å²) >= 11 is 7.36. The summed E-state index contributed by atoms with van der Waals surface area (Å²) in [5.74, 6) is 0.189. The highest BCUT2D eigenvalue weighted by Crippen LogP contribution is 2.32. The minimum atomic E-state index is -0.154. The van der Waals surface area contributed by atoms with E-state index in [2.05, 4.69) is 10.3 Å². The lowest BCUT2D eigenvalue weighted by molar-refractivity contribution is -0.115. The summed E-state index contributed by atoms with van der Waals surface area (Å²) in [6.45, 7) is 0. The highest BCUT2D eigenvalue weighted by atomic mass is 35.5. The minimum absolute atomic E-state index is 0.154. The SMILES string of the molecule is O=C1CCC2=C1NC(c1ccc(Cl)s1)N=C2. The van der Waals surface area contributed by atoms with Crippen molar-refractivity contribution in [1.29, 1.82) is 0 Å². The standard InChI is InChI=1S/C11H9ClN2OS/c12-9-4-3-8(16-9)11-13-5-6-1-2-7(15)10(6)14-11/h3-5,11,14H,1-2H2. The lowest BCUT2D eigenvalue weighted by Crippen LogP contribution is -2.25. The lowest BCUT2D eigenvalue weighted by atomic mass is 10.2. The van der Waals surface area contributed by atoms with Crippen molar-refractivity contribution >= 4 is 34.9 Å². The Balaban J connectivity index is 1.88. The first kappa shape index (κ1) is 10.1. The van der Waals surface area contributed by atoms with Crippen LogP contribution in [0, 0.1) is 0 Å². The maximum Gasteiger partial charge on any atom is 0.179 e. The molecule has 82 valence electrons. The number of carbonyl (C=O) groups is 1. The van der Waals surface area contributed by atoms with Crippen LogP contribution in [0.4, 0.5) is 0 Å². The predicted octanol–water partition coefficient (Wildman–Crippen LogP) is 2.69. The number of allylic oxidation sites excluding steroid dienone is 2. The maximum absolute atomic E-state index is 11.6. The van der Waals surface area contributed by atoms with E-state index in [0.29, 0.717) is 6.42 Å². The van der Waals surface area contributed by atoms with Gasteiger partial charge in [0.05, 0.1) is 14.9 Å². The van der Waals surface area contributed by atoms with Gasteiger partial charge in [0.1, 0.15) is 0 Å². The third kappa shape index (κ3) is 1.58. The van der Waals surface area contributed by atoms with E-state index in [0.717, 1.165) is 26.9 Å². The highest BCUT2D eigenvalue weighted by molar-refractivity contribution is 7.16. The van der Waals surface area contributed by atoms with Crippen LogP contribution in [-0.2, 0) is 4.79 Å². The molecule has 1 aromatic rings. The van der Waals surface area contributed by atoms with Gasteiger partial charge in [0.15, 0.2) is 11.9 Å². The first-order valence-electron chi connectivity index (χ1n) is 5.05. The normalized spacial score (nSPS) is 23.6. The number of rotatable bonds is 1. The van der Waals surface area contributed by atoms with Gasteiger partial charge in [-0.25, -0.2) is 0 Å². The smallest absolute Gasteiger partial charge is 0.179 e. The second kappa shape index (κ2) is 3.71. The Bertz CT molecular complexity index is 518. The van der Waals surface area contributed by atoms with Crippen molar-refractivity contribution in [2.24, 2.45) is 4.99 Å². The van der Waals surface area contributed by atoms with Gasteiger partial charge in [0.2, 0.25) is 0 Å². The van der Waals surface area contributed by atoms with Crippen LogP contribution in [0.2, 0.25) is 4.34 Å². The van der Waals surface area contributed by atoms with Gasteiger partial charge in [0.25, 0.3) is 0 Å². The third-order valence-electron chi connectivity index (χ3n) is 2.75. The first-order chi connectivity index (χ1) is 7.74. The molecule has 0 bridgehead atoms. The summed E-state index contributed by atoms with van der Waals surface area (Å²) in [5, 5.41) is 3.18. The van der Waals surface area contributed by atoms with Crippen molar-refractivity contribution < 1.29 is 4.79 Å². The summed E-state index contributed by atoms with van der Waals surface area (Å²) in [6, 6.07) is 3.78. The fraction of sp³-hybridized carbons (Fsp3) is 0.273. The molecule has 0 radical (unpaired) electrons. The fourth-order valence-corrected chi connectivity index (χ4v) is 3.00. The average Bonchev–Trinajstić information content (AvgIpc) is 2.86. The molecule has 0 aromatic carbocycles. The number of hydrogen-bond donors (Lipinski definition) is 1. The second-order valence-corrected chi connectivity index (χ2v) is 5.54. The monoisotopic (exact) mass is 252 g/mol. The fourth-order valence-electron chi connectivity index (χ4n) is 1.94. The Morgan fingerprint density at radius 1 is 1.44 bits per heavy atom. The zero-order valence-corrected chi connectivity index (χ0v) is 9.94. The Hall–Kier alpha value is -1.13. The number of ketones is 1. The van der Waals surface area contributed by atoms with Crippen molar-refractivity contribution in [3.05, 3.63) is 32.6 Å². The zero-order chi connectivity index (χ0) is 11.1. The van der Waals surface area contributed by atoms with Crippen molar-refractivity contribution in [2.45, 2.75) is 19.0 Å². The molecule has 5 heteroatoms. The molecular weight excluding hydrogens is 244 g/mol. The predicted molar refractivity (Wildman–Crippen MR) is 65.0 cm³/mol. The molecule has 1 unspecified atom stereocenters. The highest BCUT2D eigenvalue weighted by Gasteiger charge is 2.27. The summed E-state index contributed by atoms with van der Waals surface area (Å²) < 4.78 is 0.740. The molecular formula is C11H9ClN2OS. The number of nitrogens with zero attached hydrogens (tertiary/aromatic N) is 1. The van der Waals surface area contributed by atoms with E-state index in [9.17, 15) is 4.79 Å². The van der Waals surface area contributed by atoms with Gasteiger partial charge in [-0.15, -0.1) is 11.3 Å². The average molecular weight is 253 g/mol. The molecule has 1 N–H and O–H groups in total. The first-order valence-corrected chi connectivity index (χ1v) is 6.25. The molecule has 2 heterocycles. The van der Waals surface area contributed by atoms with Crippen LogP contribution in [0.15, 0.2) is 28.4 Å². The molecule has 0 amide bonds. The Kier molecular flexibility index (Phi) is 2.33. The van der Waals surface area contributed by atoms with E-state index in [-0.39, 0.29) is 11.9 Å². The summed E-state index contributed by atoms with van der Waals surface area (Å²) in [4.78, 5) is 17.0. The number of carbonyl (C=O) groups excluding carboxylic acids is 1. The van der Waals surface area contributed by atoms with E-state index in [1.807, 2.05) is 18.3 Å². The van der Waals surface area contributed by atoms with E-state index in [4.69, 9.17) is 11.6 Å². The molecule has 0 fully saturated rings. The number of halogens is 1. The number of hydrogen-bond acceptors (Lipinski definition) is 4. The number of aliphatic imine (C=N–C) groups is 1.